The Balaban J connectivity index is 2.20. The lowest BCUT2D eigenvalue weighted by Gasteiger charge is -2.14. The summed E-state index contributed by atoms with van der Waals surface area (Å²) in [4.78, 5) is 12.7. The second kappa shape index (κ2) is 6.26. The highest BCUT2D eigenvalue weighted by Gasteiger charge is 2.60. The Morgan fingerprint density at radius 2 is 1.74 bits per heavy atom. The monoisotopic (exact) mass is 317 g/mol. The molecule has 0 aromatic heterocycles. The maximum absolute atomic E-state index is 12.7. The van der Waals surface area contributed by atoms with Gasteiger partial charge in [-0.3, -0.25) is 4.79 Å². The summed E-state index contributed by atoms with van der Waals surface area (Å²) in [6.45, 7) is 10.4. The van der Waals surface area contributed by atoms with Crippen LogP contribution in [0.4, 0.5) is 5.69 Å². The van der Waals surface area contributed by atoms with Crippen LogP contribution >= 0.6 is 0 Å². The lowest BCUT2D eigenvalue weighted by Crippen LogP contribution is -2.17. The first-order valence-electron chi connectivity index (χ1n) is 7.90. The van der Waals surface area contributed by atoms with Gasteiger partial charge in [0, 0.05) is 11.8 Å². The van der Waals surface area contributed by atoms with Gasteiger partial charge in [-0.2, -0.15) is 0 Å². The van der Waals surface area contributed by atoms with E-state index in [1.54, 1.807) is 14.2 Å². The Hall–Kier alpha value is -1.97. The number of hydrogen-bond acceptors (Lipinski definition) is 3. The number of hydrogen-bond donors (Lipinski definition) is 1. The first-order valence-corrected chi connectivity index (χ1v) is 7.90. The standard InChI is InChI=1S/C19H27NO3/c1-11(2)8-13-17(19(13,4)5)18(21)20-14-10-16(23-7)15(22-6)9-12(14)3/h8-10,13,17H,1-7H3,(H,20,21). The van der Waals surface area contributed by atoms with Gasteiger partial charge in [-0.1, -0.05) is 25.5 Å². The number of nitrogens with one attached hydrogen (secondary N) is 1. The Morgan fingerprint density at radius 3 is 2.26 bits per heavy atom. The number of methoxy groups -OCH3 is 2. The van der Waals surface area contributed by atoms with Crippen LogP contribution in [0.1, 0.15) is 33.3 Å². The molecule has 2 atom stereocenters. The molecule has 1 aliphatic carbocycles. The second-order valence-corrected chi connectivity index (χ2v) is 7.08. The average Bonchev–Trinajstić information content (AvgIpc) is 3.00. The van der Waals surface area contributed by atoms with Gasteiger partial charge in [-0.05, 0) is 43.7 Å². The van der Waals surface area contributed by atoms with Crippen LogP contribution in [0.5, 0.6) is 11.5 Å². The molecule has 0 radical (unpaired) electrons. The van der Waals surface area contributed by atoms with E-state index in [1.807, 2.05) is 19.1 Å². The van der Waals surface area contributed by atoms with E-state index in [-0.39, 0.29) is 17.2 Å². The number of amides is 1. The highest BCUT2D eigenvalue weighted by atomic mass is 16.5. The number of allylic oxidation sites excluding steroid dienone is 2. The third-order valence-electron chi connectivity index (χ3n) is 4.69. The van der Waals surface area contributed by atoms with Crippen molar-refractivity contribution in [2.24, 2.45) is 17.3 Å². The highest BCUT2D eigenvalue weighted by Crippen LogP contribution is 2.59. The fourth-order valence-electron chi connectivity index (χ4n) is 3.17. The van der Waals surface area contributed by atoms with E-state index in [2.05, 4.69) is 39.1 Å². The maximum atomic E-state index is 12.7. The summed E-state index contributed by atoms with van der Waals surface area (Å²) in [5.74, 6) is 1.65. The van der Waals surface area contributed by atoms with Crippen LogP contribution in [-0.4, -0.2) is 20.1 Å². The summed E-state index contributed by atoms with van der Waals surface area (Å²) in [6.07, 6.45) is 2.20. The largest absolute Gasteiger partial charge is 0.493 e. The van der Waals surface area contributed by atoms with Crippen molar-refractivity contribution in [2.75, 3.05) is 19.5 Å². The molecule has 0 bridgehead atoms. The molecule has 2 unspecified atom stereocenters. The molecule has 1 amide bonds. The van der Waals surface area contributed by atoms with Crippen LogP contribution in [-0.2, 0) is 4.79 Å². The van der Waals surface area contributed by atoms with E-state index < -0.39 is 0 Å². The van der Waals surface area contributed by atoms with Gasteiger partial charge in [-0.25, -0.2) is 0 Å². The third-order valence-corrected chi connectivity index (χ3v) is 4.69. The Labute approximate surface area is 138 Å². The maximum Gasteiger partial charge on any atom is 0.228 e. The normalized spacial score (nSPS) is 21.3. The van der Waals surface area contributed by atoms with Gasteiger partial charge in [0.2, 0.25) is 5.91 Å². The van der Waals surface area contributed by atoms with E-state index >= 15 is 0 Å². The quantitative estimate of drug-likeness (QED) is 0.828. The van der Waals surface area contributed by atoms with Crippen LogP contribution in [0, 0.1) is 24.2 Å². The fourth-order valence-corrected chi connectivity index (χ4v) is 3.17. The number of rotatable bonds is 5. The fraction of sp³-hybridized carbons (Fsp3) is 0.526. The van der Waals surface area contributed by atoms with Gasteiger partial charge in [-0.15, -0.1) is 0 Å². The van der Waals surface area contributed by atoms with Crippen molar-refractivity contribution in [3.63, 3.8) is 0 Å². The van der Waals surface area contributed by atoms with Crippen molar-refractivity contribution in [2.45, 2.75) is 34.6 Å². The number of carbonyl (C=O) groups is 1. The molecule has 0 spiro atoms. The predicted molar refractivity (Wildman–Crippen MR) is 93.1 cm³/mol. The molecule has 1 aliphatic rings. The second-order valence-electron chi connectivity index (χ2n) is 7.08. The van der Waals surface area contributed by atoms with Gasteiger partial charge < -0.3 is 14.8 Å². The van der Waals surface area contributed by atoms with Crippen molar-refractivity contribution in [1.29, 1.82) is 0 Å². The summed E-state index contributed by atoms with van der Waals surface area (Å²) in [7, 11) is 3.19. The average molecular weight is 317 g/mol. The van der Waals surface area contributed by atoms with Gasteiger partial charge in [0.25, 0.3) is 0 Å². The van der Waals surface area contributed by atoms with Crippen LogP contribution < -0.4 is 14.8 Å². The summed E-state index contributed by atoms with van der Waals surface area (Å²) < 4.78 is 10.6. The molecule has 2 rings (SSSR count). The van der Waals surface area contributed by atoms with Crippen molar-refractivity contribution >= 4 is 11.6 Å². The number of anilines is 1. The smallest absolute Gasteiger partial charge is 0.228 e. The summed E-state index contributed by atoms with van der Waals surface area (Å²) in [5.41, 5.74) is 2.98. The zero-order chi connectivity index (χ0) is 17.4. The van der Waals surface area contributed by atoms with Gasteiger partial charge >= 0.3 is 0 Å². The molecular formula is C19H27NO3. The summed E-state index contributed by atoms with van der Waals surface area (Å²) in [6, 6.07) is 3.69. The summed E-state index contributed by atoms with van der Waals surface area (Å²) >= 11 is 0. The van der Waals surface area contributed by atoms with E-state index in [0.717, 1.165) is 11.3 Å². The SMILES string of the molecule is COc1cc(C)c(NC(=O)C2C(C=C(C)C)C2(C)C)cc1OC. The lowest BCUT2D eigenvalue weighted by molar-refractivity contribution is -0.118. The van der Waals surface area contributed by atoms with Crippen molar-refractivity contribution in [1.82, 2.24) is 0 Å². The molecule has 0 aliphatic heterocycles. The number of ether oxygens (including phenoxy) is 2. The molecule has 0 saturated heterocycles. The Bertz CT molecular complexity index is 642. The summed E-state index contributed by atoms with van der Waals surface area (Å²) in [5, 5.41) is 3.05. The number of aryl methyl sites for hydroxylation is 1. The minimum Gasteiger partial charge on any atom is -0.493 e. The first-order chi connectivity index (χ1) is 10.7. The molecule has 4 heteroatoms. The molecule has 1 N–H and O–H groups in total. The van der Waals surface area contributed by atoms with E-state index in [9.17, 15) is 4.79 Å². The minimum absolute atomic E-state index is 0.00453. The van der Waals surface area contributed by atoms with Crippen molar-refractivity contribution in [3.8, 4) is 11.5 Å². The van der Waals surface area contributed by atoms with Gasteiger partial charge in [0.1, 0.15) is 0 Å². The Morgan fingerprint density at radius 1 is 1.17 bits per heavy atom. The zero-order valence-corrected chi connectivity index (χ0v) is 15.1. The topological polar surface area (TPSA) is 47.6 Å². The molecule has 126 valence electrons. The van der Waals surface area contributed by atoms with Crippen LogP contribution in [0.3, 0.4) is 0 Å². The Kier molecular flexibility index (Phi) is 4.73. The van der Waals surface area contributed by atoms with Crippen molar-refractivity contribution in [3.05, 3.63) is 29.3 Å². The van der Waals surface area contributed by atoms with Gasteiger partial charge in [0.15, 0.2) is 11.5 Å². The van der Waals surface area contributed by atoms with E-state index in [1.165, 1.54) is 5.57 Å². The number of benzene rings is 1. The van der Waals surface area contributed by atoms with Crippen LogP contribution in [0.25, 0.3) is 0 Å². The predicted octanol–water partition coefficient (Wildman–Crippen LogP) is 4.19. The first kappa shape index (κ1) is 17.4. The molecule has 1 aromatic rings. The number of carbonyl (C=O) groups excluding carboxylic acids is 1. The van der Waals surface area contributed by atoms with E-state index in [0.29, 0.717) is 17.4 Å². The molecule has 4 nitrogen and oxygen atoms in total. The zero-order valence-electron chi connectivity index (χ0n) is 15.1. The molecule has 1 aromatic carbocycles. The molecule has 0 heterocycles. The third kappa shape index (κ3) is 3.36. The van der Waals surface area contributed by atoms with Gasteiger partial charge in [0.05, 0.1) is 20.1 Å². The molecule has 23 heavy (non-hydrogen) atoms. The van der Waals surface area contributed by atoms with Crippen molar-refractivity contribution < 1.29 is 14.3 Å². The molecule has 1 saturated carbocycles. The highest BCUT2D eigenvalue weighted by molar-refractivity contribution is 5.96. The van der Waals surface area contributed by atoms with Crippen LogP contribution in [0.15, 0.2) is 23.8 Å². The molecule has 1 fully saturated rings. The minimum atomic E-state index is 0.00453. The lowest BCUT2D eigenvalue weighted by atomic mass is 10.1. The van der Waals surface area contributed by atoms with Crippen LogP contribution in [0.2, 0.25) is 0 Å². The molecular weight excluding hydrogens is 290 g/mol. The van der Waals surface area contributed by atoms with E-state index in [4.69, 9.17) is 9.47 Å².